The molecule has 0 spiro atoms. The smallest absolute Gasteiger partial charge is 0.258 e. The van der Waals surface area contributed by atoms with Gasteiger partial charge < -0.3 is 4.43 Å². The minimum atomic E-state index is -1.90. The Morgan fingerprint density at radius 3 is 2.24 bits per heavy atom. The van der Waals surface area contributed by atoms with Gasteiger partial charge in [0.25, 0.3) is 8.32 Å². The lowest BCUT2D eigenvalue weighted by Crippen LogP contribution is -2.50. The Hall–Kier alpha value is -0.283. The third-order valence-corrected chi connectivity index (χ3v) is 17.7. The zero-order valence-corrected chi connectivity index (χ0v) is 25.2. The second kappa shape index (κ2) is 9.64. The maximum Gasteiger partial charge on any atom is 0.258 e. The van der Waals surface area contributed by atoms with E-state index in [0.29, 0.717) is 22.0 Å². The van der Waals surface area contributed by atoms with Crippen LogP contribution < -0.4 is 4.43 Å². The molecule has 186 valence electrons. The first-order chi connectivity index (χ1) is 15.6. The Morgan fingerprint density at radius 1 is 0.970 bits per heavy atom. The zero-order chi connectivity index (χ0) is 24.1. The van der Waals surface area contributed by atoms with Crippen LogP contribution in [0, 0.1) is 29.1 Å². The van der Waals surface area contributed by atoms with E-state index in [-0.39, 0.29) is 0 Å². The highest BCUT2D eigenvalue weighted by Gasteiger charge is 2.55. The lowest BCUT2D eigenvalue weighted by atomic mass is 9.53. The third-order valence-electron chi connectivity index (χ3n) is 10.7. The number of aryl methyl sites for hydroxylation is 1. The summed E-state index contributed by atoms with van der Waals surface area (Å²) in [6.07, 6.45) is 8.35. The summed E-state index contributed by atoms with van der Waals surface area (Å²) in [6.45, 7) is 19.5. The van der Waals surface area contributed by atoms with Crippen molar-refractivity contribution in [3.63, 3.8) is 0 Å². The maximum absolute atomic E-state index is 7.06. The van der Waals surface area contributed by atoms with E-state index in [4.69, 9.17) is 4.43 Å². The van der Waals surface area contributed by atoms with Gasteiger partial charge in [0.1, 0.15) is 5.75 Å². The van der Waals surface area contributed by atoms with Crippen LogP contribution in [0.15, 0.2) is 18.2 Å². The van der Waals surface area contributed by atoms with E-state index < -0.39 is 8.32 Å². The van der Waals surface area contributed by atoms with Gasteiger partial charge in [0.15, 0.2) is 0 Å². The van der Waals surface area contributed by atoms with Crippen LogP contribution in [-0.2, 0) is 6.42 Å². The molecule has 0 bridgehead atoms. The number of halogens is 1. The normalized spacial score (nSPS) is 32.6. The fourth-order valence-electron chi connectivity index (χ4n) is 9.26. The molecule has 0 aliphatic heterocycles. The summed E-state index contributed by atoms with van der Waals surface area (Å²) >= 11 is 3.80. The Labute approximate surface area is 214 Å². The molecule has 0 aromatic heterocycles. The average Bonchev–Trinajstić information content (AvgIpc) is 3.13. The molecule has 33 heavy (non-hydrogen) atoms. The van der Waals surface area contributed by atoms with Gasteiger partial charge in [0, 0.05) is 5.33 Å². The molecule has 1 unspecified atom stereocenters. The highest BCUT2D eigenvalue weighted by molar-refractivity contribution is 9.09. The summed E-state index contributed by atoms with van der Waals surface area (Å²) in [6, 6.07) is 7.28. The number of fused-ring (bicyclic) bond motifs is 5. The lowest BCUT2D eigenvalue weighted by Gasteiger charge is -2.52. The first-order valence-corrected chi connectivity index (χ1v) is 17.2. The summed E-state index contributed by atoms with van der Waals surface area (Å²) in [7, 11) is -1.90. The van der Waals surface area contributed by atoms with Gasteiger partial charge in [-0.25, -0.2) is 0 Å². The van der Waals surface area contributed by atoms with Crippen LogP contribution in [0.25, 0.3) is 0 Å². The minimum absolute atomic E-state index is 0.561. The zero-order valence-electron chi connectivity index (χ0n) is 22.6. The van der Waals surface area contributed by atoms with Gasteiger partial charge >= 0.3 is 0 Å². The fourth-order valence-corrected chi connectivity index (χ4v) is 15.0. The van der Waals surface area contributed by atoms with Crippen molar-refractivity contribution in [1.82, 2.24) is 0 Å². The second-order valence-electron chi connectivity index (χ2n) is 13.1. The molecule has 2 fully saturated rings. The molecular weight excluding hydrogens is 484 g/mol. The SMILES string of the molecule is CC(CBr)[C@H]1CC[C@H]2[C@@H]3CCc4cc(O[Si](C(C)C)(C(C)C)C(C)C)ccc4[C@H]3CC[C@]12C. The van der Waals surface area contributed by atoms with Gasteiger partial charge in [0.2, 0.25) is 0 Å². The van der Waals surface area contributed by atoms with Crippen LogP contribution in [0.1, 0.15) is 105 Å². The van der Waals surface area contributed by atoms with Crippen molar-refractivity contribution < 1.29 is 4.43 Å². The van der Waals surface area contributed by atoms with E-state index >= 15 is 0 Å². The maximum atomic E-state index is 7.06. The Bertz CT molecular complexity index is 811. The van der Waals surface area contributed by atoms with Gasteiger partial charge in [0.05, 0.1) is 0 Å². The standard InChI is InChI=1S/C30H49BrOSi/c1-19(2)33(20(3)4,21(5)6)32-24-10-12-25-23(17-24)9-11-27-26(25)15-16-30(8)28(22(7)18-31)13-14-29(27)30/h10,12,17,19-22,26-29H,9,11,13-16,18H2,1-8H3/t22?,26-,27-,28-,29+,30-/m1/s1. The molecule has 1 aromatic carbocycles. The Morgan fingerprint density at radius 2 is 1.64 bits per heavy atom. The van der Waals surface area contributed by atoms with E-state index in [0.717, 1.165) is 40.7 Å². The van der Waals surface area contributed by atoms with Crippen molar-refractivity contribution in [2.75, 3.05) is 5.33 Å². The van der Waals surface area contributed by atoms with Crippen LogP contribution in [0.2, 0.25) is 16.6 Å². The number of benzene rings is 1. The first kappa shape index (κ1) is 25.8. The predicted octanol–water partition coefficient (Wildman–Crippen LogP) is 9.74. The topological polar surface area (TPSA) is 9.23 Å². The number of hydrogen-bond acceptors (Lipinski definition) is 1. The highest BCUT2D eigenvalue weighted by Crippen LogP contribution is 2.64. The number of alkyl halides is 1. The molecule has 0 amide bonds. The minimum Gasteiger partial charge on any atom is -0.543 e. The van der Waals surface area contributed by atoms with E-state index in [2.05, 4.69) is 89.5 Å². The van der Waals surface area contributed by atoms with Gasteiger partial charge in [-0.15, -0.1) is 0 Å². The first-order valence-electron chi connectivity index (χ1n) is 13.9. The average molecular weight is 534 g/mol. The Kier molecular flexibility index (Phi) is 7.54. The van der Waals surface area contributed by atoms with Crippen molar-refractivity contribution in [2.45, 2.75) is 116 Å². The summed E-state index contributed by atoms with van der Waals surface area (Å²) in [5.74, 6) is 5.46. The van der Waals surface area contributed by atoms with Crippen molar-refractivity contribution in [3.8, 4) is 5.75 Å². The lowest BCUT2D eigenvalue weighted by molar-refractivity contribution is 0.0149. The predicted molar refractivity (Wildman–Crippen MR) is 149 cm³/mol. The van der Waals surface area contributed by atoms with Gasteiger partial charge in [-0.2, -0.15) is 0 Å². The molecule has 1 nitrogen and oxygen atoms in total. The largest absolute Gasteiger partial charge is 0.543 e. The summed E-state index contributed by atoms with van der Waals surface area (Å²) in [4.78, 5) is 0. The molecule has 3 aliphatic carbocycles. The monoisotopic (exact) mass is 532 g/mol. The van der Waals surface area contributed by atoms with Crippen molar-refractivity contribution in [2.24, 2.45) is 29.1 Å². The van der Waals surface area contributed by atoms with E-state index in [1.165, 1.54) is 38.5 Å². The van der Waals surface area contributed by atoms with Crippen molar-refractivity contribution in [1.29, 1.82) is 0 Å². The van der Waals surface area contributed by atoms with Crippen LogP contribution >= 0.6 is 15.9 Å². The Balaban J connectivity index is 1.58. The molecule has 0 radical (unpaired) electrons. The van der Waals surface area contributed by atoms with Crippen LogP contribution in [-0.4, -0.2) is 13.6 Å². The molecule has 0 heterocycles. The molecular formula is C30H49BrOSi. The van der Waals surface area contributed by atoms with Gasteiger partial charge in [-0.1, -0.05) is 77.4 Å². The van der Waals surface area contributed by atoms with Crippen molar-refractivity contribution in [3.05, 3.63) is 29.3 Å². The van der Waals surface area contributed by atoms with Crippen molar-refractivity contribution >= 4 is 24.2 Å². The molecule has 6 atom stereocenters. The molecule has 3 heteroatoms. The molecule has 4 rings (SSSR count). The second-order valence-corrected chi connectivity index (χ2v) is 19.1. The summed E-state index contributed by atoms with van der Waals surface area (Å²) in [5, 5.41) is 1.16. The van der Waals surface area contributed by atoms with Crippen LogP contribution in [0.5, 0.6) is 5.75 Å². The molecule has 3 aliphatic rings. The number of rotatable bonds is 7. The van der Waals surface area contributed by atoms with E-state index in [1.807, 2.05) is 0 Å². The van der Waals surface area contributed by atoms with Crippen LogP contribution in [0.3, 0.4) is 0 Å². The van der Waals surface area contributed by atoms with E-state index in [1.54, 1.807) is 11.1 Å². The molecule has 1 aromatic rings. The van der Waals surface area contributed by atoms with Crippen LogP contribution in [0.4, 0.5) is 0 Å². The summed E-state index contributed by atoms with van der Waals surface area (Å²) < 4.78 is 7.06. The number of hydrogen-bond donors (Lipinski definition) is 0. The third kappa shape index (κ3) is 4.19. The van der Waals surface area contributed by atoms with Gasteiger partial charge in [-0.3, -0.25) is 0 Å². The summed E-state index contributed by atoms with van der Waals surface area (Å²) in [5.41, 5.74) is 5.68. The van der Waals surface area contributed by atoms with Gasteiger partial charge in [-0.05, 0) is 113 Å². The van der Waals surface area contributed by atoms with E-state index in [9.17, 15) is 0 Å². The molecule has 2 saturated carbocycles. The quantitative estimate of drug-likeness (QED) is 0.250. The molecule has 0 saturated heterocycles. The highest BCUT2D eigenvalue weighted by atomic mass is 79.9. The molecule has 0 N–H and O–H groups in total. The fraction of sp³-hybridized carbons (Fsp3) is 0.800.